The van der Waals surface area contributed by atoms with Crippen LogP contribution in [0.4, 0.5) is 10.5 Å². The molecule has 12 nitrogen and oxygen atoms in total. The highest BCUT2D eigenvalue weighted by Crippen LogP contribution is 2.27. The van der Waals surface area contributed by atoms with Crippen molar-refractivity contribution in [2.24, 2.45) is 7.05 Å². The first kappa shape index (κ1) is 24.7. The summed E-state index contributed by atoms with van der Waals surface area (Å²) in [6.45, 7) is 1.12. The van der Waals surface area contributed by atoms with E-state index in [1.54, 1.807) is 24.3 Å². The van der Waals surface area contributed by atoms with Gasteiger partial charge in [0.2, 0.25) is 15.8 Å². The van der Waals surface area contributed by atoms with Crippen LogP contribution < -0.4 is 20.5 Å². The molecule has 0 saturated carbocycles. The zero-order chi connectivity index (χ0) is 25.2. The van der Waals surface area contributed by atoms with E-state index in [4.69, 9.17) is 4.74 Å². The summed E-state index contributed by atoms with van der Waals surface area (Å²) in [6.07, 6.45) is 1.94. The molecular weight excluding hydrogens is 478 g/mol. The van der Waals surface area contributed by atoms with Crippen LogP contribution in [0.25, 0.3) is 0 Å². The van der Waals surface area contributed by atoms with Crippen molar-refractivity contribution in [3.05, 3.63) is 51.7 Å². The fourth-order valence-corrected chi connectivity index (χ4v) is 5.89. The number of benzene rings is 1. The Hall–Kier alpha value is -3.45. The average Bonchev–Trinajstić information content (AvgIpc) is 3.36. The number of imide groups is 1. The van der Waals surface area contributed by atoms with Gasteiger partial charge in [0.05, 0.1) is 18.0 Å². The van der Waals surface area contributed by atoms with Crippen molar-refractivity contribution in [2.45, 2.75) is 31.7 Å². The number of sulfonamides is 1. The molecule has 1 aromatic carbocycles. The third kappa shape index (κ3) is 5.15. The van der Waals surface area contributed by atoms with E-state index < -0.39 is 39.0 Å². The number of aromatic hydroxyl groups is 1. The molecule has 1 unspecified atom stereocenters. The predicted molar refractivity (Wildman–Crippen MR) is 126 cm³/mol. The van der Waals surface area contributed by atoms with E-state index in [0.29, 0.717) is 43.9 Å². The smallest absolute Gasteiger partial charge is 0.322 e. The summed E-state index contributed by atoms with van der Waals surface area (Å²) in [5.41, 5.74) is -0.333. The highest BCUT2D eigenvalue weighted by Gasteiger charge is 2.29. The van der Waals surface area contributed by atoms with Crippen molar-refractivity contribution in [3.8, 4) is 5.75 Å². The molecule has 0 bridgehead atoms. The summed E-state index contributed by atoms with van der Waals surface area (Å²) in [5, 5.41) is 14.8. The van der Waals surface area contributed by atoms with Crippen molar-refractivity contribution >= 4 is 27.6 Å². The summed E-state index contributed by atoms with van der Waals surface area (Å²) < 4.78 is 32.8. The molecule has 2 aliphatic rings. The number of carbonyl (C=O) groups excluding carboxylic acids is 2. The van der Waals surface area contributed by atoms with Gasteiger partial charge in [-0.2, -0.15) is 0 Å². The molecule has 0 aliphatic carbocycles. The zero-order valence-corrected chi connectivity index (χ0v) is 20.0. The number of rotatable bonds is 5. The second kappa shape index (κ2) is 10.0. The minimum atomic E-state index is -3.44. The van der Waals surface area contributed by atoms with Gasteiger partial charge in [-0.05, 0) is 30.9 Å². The SMILES string of the molecule is Cn1c(C2CCOC2)nc(C(=O)NC(=O)NCc2ccccc2N2CCCCS2(=O)=O)c(O)c1=O. The van der Waals surface area contributed by atoms with Crippen LogP contribution in [0.3, 0.4) is 0 Å². The maximum atomic E-state index is 12.7. The first-order valence-electron chi connectivity index (χ1n) is 11.2. The minimum absolute atomic E-state index is 0.0536. The molecule has 2 saturated heterocycles. The maximum Gasteiger partial charge on any atom is 0.322 e. The third-order valence-electron chi connectivity index (χ3n) is 6.09. The molecule has 1 aromatic heterocycles. The Morgan fingerprint density at radius 2 is 2.03 bits per heavy atom. The summed E-state index contributed by atoms with van der Waals surface area (Å²) in [7, 11) is -2.00. The van der Waals surface area contributed by atoms with Gasteiger partial charge in [-0.15, -0.1) is 0 Å². The van der Waals surface area contributed by atoms with Gasteiger partial charge in [-0.3, -0.25) is 23.8 Å². The third-order valence-corrected chi connectivity index (χ3v) is 7.94. The number of nitrogens with one attached hydrogen (secondary N) is 2. The quantitative estimate of drug-likeness (QED) is 0.531. The predicted octanol–water partition coefficient (Wildman–Crippen LogP) is 0.559. The largest absolute Gasteiger partial charge is 0.501 e. The standard InChI is InChI=1S/C22H27N5O7S/c1-26-19(15-8-10-34-13-15)24-17(18(28)21(26)30)20(29)25-22(31)23-12-14-6-2-3-7-16(14)27-9-4-5-11-35(27,32)33/h2-3,6-7,15,28H,4-5,8-13H2,1H3,(H2,23,25,29,31). The lowest BCUT2D eigenvalue weighted by atomic mass is 10.1. The molecule has 3 N–H and O–H groups in total. The Morgan fingerprint density at radius 3 is 2.74 bits per heavy atom. The lowest BCUT2D eigenvalue weighted by Crippen LogP contribution is -2.41. The Morgan fingerprint density at radius 1 is 1.26 bits per heavy atom. The molecule has 1 atom stereocenters. The molecular formula is C22H27N5O7S. The van der Waals surface area contributed by atoms with Gasteiger partial charge in [0.1, 0.15) is 5.82 Å². The van der Waals surface area contributed by atoms with Gasteiger partial charge >= 0.3 is 6.03 Å². The summed E-state index contributed by atoms with van der Waals surface area (Å²) in [5.74, 6) is -1.76. The van der Waals surface area contributed by atoms with E-state index in [-0.39, 0.29) is 24.0 Å². The molecule has 2 aliphatic heterocycles. The Bertz CT molecular complexity index is 1300. The van der Waals surface area contributed by atoms with E-state index in [1.807, 2.05) is 0 Å². The van der Waals surface area contributed by atoms with Crippen LogP contribution >= 0.6 is 0 Å². The fourth-order valence-electron chi connectivity index (χ4n) is 4.21. The van der Waals surface area contributed by atoms with Gasteiger partial charge < -0.3 is 15.2 Å². The Kier molecular flexibility index (Phi) is 7.08. The zero-order valence-electron chi connectivity index (χ0n) is 19.2. The van der Waals surface area contributed by atoms with Crippen LogP contribution in [0.5, 0.6) is 5.75 Å². The number of nitrogens with zero attached hydrogens (tertiary/aromatic N) is 3. The van der Waals surface area contributed by atoms with Gasteiger partial charge in [0.15, 0.2) is 5.69 Å². The second-order valence-corrected chi connectivity index (χ2v) is 10.5. The Labute approximate surface area is 202 Å². The van der Waals surface area contributed by atoms with Crippen molar-refractivity contribution in [3.63, 3.8) is 0 Å². The van der Waals surface area contributed by atoms with E-state index in [2.05, 4.69) is 15.6 Å². The monoisotopic (exact) mass is 505 g/mol. The van der Waals surface area contributed by atoms with Gasteiger partial charge in [-0.25, -0.2) is 18.2 Å². The number of anilines is 1. The van der Waals surface area contributed by atoms with Crippen LogP contribution in [0.2, 0.25) is 0 Å². The molecule has 0 radical (unpaired) electrons. The van der Waals surface area contributed by atoms with E-state index in [0.717, 1.165) is 11.0 Å². The van der Waals surface area contributed by atoms with Crippen molar-refractivity contribution < 1.29 is 27.9 Å². The first-order valence-corrected chi connectivity index (χ1v) is 12.8. The topological polar surface area (TPSA) is 160 Å². The number of hydrogen-bond donors (Lipinski definition) is 3. The first-order chi connectivity index (χ1) is 16.7. The average molecular weight is 506 g/mol. The summed E-state index contributed by atoms with van der Waals surface area (Å²) in [6, 6.07) is 5.89. The summed E-state index contributed by atoms with van der Waals surface area (Å²) in [4.78, 5) is 41.6. The van der Waals surface area contributed by atoms with Crippen LogP contribution in [-0.4, -0.2) is 60.5 Å². The molecule has 4 rings (SSSR count). The second-order valence-electron chi connectivity index (χ2n) is 8.45. The van der Waals surface area contributed by atoms with Gasteiger partial charge in [-0.1, -0.05) is 18.2 Å². The lowest BCUT2D eigenvalue weighted by Gasteiger charge is -2.30. The molecule has 2 fully saturated rings. The van der Waals surface area contributed by atoms with Crippen LogP contribution in [0.1, 0.15) is 47.1 Å². The molecule has 13 heteroatoms. The highest BCUT2D eigenvalue weighted by molar-refractivity contribution is 7.92. The van der Waals surface area contributed by atoms with Gasteiger partial charge in [0.25, 0.3) is 11.5 Å². The molecule has 3 amide bonds. The summed E-state index contributed by atoms with van der Waals surface area (Å²) >= 11 is 0. The molecule has 0 spiro atoms. The minimum Gasteiger partial charge on any atom is -0.501 e. The van der Waals surface area contributed by atoms with Crippen molar-refractivity contribution in [1.29, 1.82) is 0 Å². The molecule has 188 valence electrons. The number of para-hydroxylation sites is 1. The number of hydrogen-bond acceptors (Lipinski definition) is 8. The number of carbonyl (C=O) groups is 2. The maximum absolute atomic E-state index is 12.7. The molecule has 3 heterocycles. The van der Waals surface area contributed by atoms with Crippen molar-refractivity contribution in [1.82, 2.24) is 20.2 Å². The van der Waals surface area contributed by atoms with Crippen LogP contribution in [-0.2, 0) is 28.4 Å². The van der Waals surface area contributed by atoms with Gasteiger partial charge in [0, 0.05) is 32.7 Å². The lowest BCUT2D eigenvalue weighted by molar-refractivity contribution is 0.0954. The van der Waals surface area contributed by atoms with Crippen LogP contribution in [0, 0.1) is 0 Å². The number of ether oxygens (including phenoxy) is 1. The van der Waals surface area contributed by atoms with E-state index in [9.17, 15) is 27.9 Å². The van der Waals surface area contributed by atoms with Crippen LogP contribution in [0.15, 0.2) is 29.1 Å². The number of aromatic nitrogens is 2. The molecule has 35 heavy (non-hydrogen) atoms. The fraction of sp³-hybridized carbons (Fsp3) is 0.455. The Balaban J connectivity index is 1.47. The van der Waals surface area contributed by atoms with Crippen molar-refractivity contribution in [2.75, 3.05) is 29.8 Å². The number of urea groups is 1. The normalized spacial score (nSPS) is 19.3. The van der Waals surface area contributed by atoms with E-state index in [1.165, 1.54) is 11.4 Å². The number of amides is 3. The molecule has 2 aromatic rings. The van der Waals surface area contributed by atoms with E-state index >= 15 is 0 Å². The highest BCUT2D eigenvalue weighted by atomic mass is 32.2.